The molecule has 0 saturated carbocycles. The summed E-state index contributed by atoms with van der Waals surface area (Å²) in [7, 11) is 0. The van der Waals surface area contributed by atoms with Crippen molar-refractivity contribution in [2.75, 3.05) is 11.9 Å². The second kappa shape index (κ2) is 5.89. The van der Waals surface area contributed by atoms with Gasteiger partial charge in [-0.3, -0.25) is 10.1 Å². The molecule has 2 heterocycles. The van der Waals surface area contributed by atoms with Gasteiger partial charge in [0.05, 0.1) is 16.1 Å². The lowest BCUT2D eigenvalue weighted by atomic mass is 10.3. The fourth-order valence-corrected chi connectivity index (χ4v) is 2.35. The number of nitrogens with zero attached hydrogens (tertiary/aromatic N) is 4. The van der Waals surface area contributed by atoms with Crippen LogP contribution in [0.3, 0.4) is 0 Å². The van der Waals surface area contributed by atoms with E-state index in [1.165, 1.54) is 18.3 Å². The highest BCUT2D eigenvalue weighted by atomic mass is 35.5. The van der Waals surface area contributed by atoms with Gasteiger partial charge in [-0.1, -0.05) is 0 Å². The lowest BCUT2D eigenvalue weighted by Gasteiger charge is -2.06. The molecule has 0 bridgehead atoms. The molecule has 2 aromatic heterocycles. The summed E-state index contributed by atoms with van der Waals surface area (Å²) in [4.78, 5) is 22.2. The Bertz CT molecular complexity index is 590. The van der Waals surface area contributed by atoms with Crippen LogP contribution in [0, 0.1) is 17.0 Å². The van der Waals surface area contributed by atoms with Crippen LogP contribution in [-0.2, 0) is 6.42 Å². The molecular formula is C10H10ClN5O2S. The third-order valence-corrected chi connectivity index (χ3v) is 3.17. The zero-order valence-corrected chi connectivity index (χ0v) is 11.5. The zero-order chi connectivity index (χ0) is 13.8. The van der Waals surface area contributed by atoms with E-state index in [1.807, 2.05) is 5.38 Å². The Kier molecular flexibility index (Phi) is 4.23. The maximum absolute atomic E-state index is 11.0. The minimum atomic E-state index is -0.517. The number of hydrogen-bond donors (Lipinski definition) is 1. The van der Waals surface area contributed by atoms with Crippen LogP contribution in [0.4, 0.5) is 11.5 Å². The normalized spacial score (nSPS) is 10.4. The lowest BCUT2D eigenvalue weighted by molar-refractivity contribution is -0.385. The fraction of sp³-hybridized carbons (Fsp3) is 0.300. The van der Waals surface area contributed by atoms with Gasteiger partial charge < -0.3 is 5.32 Å². The van der Waals surface area contributed by atoms with E-state index in [1.54, 1.807) is 5.51 Å². The molecule has 2 rings (SSSR count). The zero-order valence-electron chi connectivity index (χ0n) is 9.96. The molecule has 0 atom stereocenters. The van der Waals surface area contributed by atoms with E-state index in [-0.39, 0.29) is 22.5 Å². The monoisotopic (exact) mass is 299 g/mol. The standard InChI is InChI=1S/C10H10ClN5O2S/c1-6-8(16(17)18)9(15-10(11)14-6)12-3-2-7-4-19-5-13-7/h4-5H,2-3H2,1H3,(H,12,14,15). The van der Waals surface area contributed by atoms with Gasteiger partial charge >= 0.3 is 5.69 Å². The van der Waals surface area contributed by atoms with Crippen molar-refractivity contribution >= 4 is 34.4 Å². The fourth-order valence-electron chi connectivity index (χ4n) is 1.54. The number of nitrogens with one attached hydrogen (secondary N) is 1. The molecule has 0 spiro atoms. The van der Waals surface area contributed by atoms with E-state index in [2.05, 4.69) is 20.3 Å². The van der Waals surface area contributed by atoms with E-state index < -0.39 is 4.92 Å². The van der Waals surface area contributed by atoms with Crippen molar-refractivity contribution in [3.8, 4) is 0 Å². The minimum Gasteiger partial charge on any atom is -0.364 e. The highest BCUT2D eigenvalue weighted by molar-refractivity contribution is 7.07. The largest absolute Gasteiger partial charge is 0.364 e. The van der Waals surface area contributed by atoms with Gasteiger partial charge in [-0.25, -0.2) is 9.97 Å². The van der Waals surface area contributed by atoms with Crippen LogP contribution < -0.4 is 5.32 Å². The molecule has 0 saturated heterocycles. The molecule has 0 aromatic carbocycles. The summed E-state index contributed by atoms with van der Waals surface area (Å²) in [6.45, 7) is 2.01. The van der Waals surface area contributed by atoms with Crippen LogP contribution in [0.15, 0.2) is 10.9 Å². The van der Waals surface area contributed by atoms with Gasteiger partial charge in [0.1, 0.15) is 5.69 Å². The molecule has 100 valence electrons. The predicted molar refractivity (Wildman–Crippen MR) is 72.7 cm³/mol. The lowest BCUT2D eigenvalue weighted by Crippen LogP contribution is -2.10. The van der Waals surface area contributed by atoms with Crippen molar-refractivity contribution in [2.45, 2.75) is 13.3 Å². The quantitative estimate of drug-likeness (QED) is 0.518. The predicted octanol–water partition coefficient (Wildman–Crippen LogP) is 2.46. The summed E-state index contributed by atoms with van der Waals surface area (Å²) in [6.07, 6.45) is 0.654. The van der Waals surface area contributed by atoms with Crippen LogP contribution in [0.25, 0.3) is 0 Å². The number of aromatic nitrogens is 3. The van der Waals surface area contributed by atoms with E-state index in [9.17, 15) is 10.1 Å². The SMILES string of the molecule is Cc1nc(Cl)nc(NCCc2cscn2)c1[N+](=O)[O-]. The third kappa shape index (κ3) is 3.36. The summed E-state index contributed by atoms with van der Waals surface area (Å²) in [6, 6.07) is 0. The second-order valence-corrected chi connectivity index (χ2v) is 4.75. The molecule has 0 amide bonds. The molecule has 7 nitrogen and oxygen atoms in total. The highest BCUT2D eigenvalue weighted by Crippen LogP contribution is 2.26. The number of rotatable bonds is 5. The minimum absolute atomic E-state index is 0.0146. The number of thiazole rings is 1. The van der Waals surface area contributed by atoms with E-state index in [0.29, 0.717) is 13.0 Å². The molecule has 19 heavy (non-hydrogen) atoms. The van der Waals surface area contributed by atoms with E-state index >= 15 is 0 Å². The van der Waals surface area contributed by atoms with Crippen molar-refractivity contribution in [1.29, 1.82) is 0 Å². The van der Waals surface area contributed by atoms with Crippen molar-refractivity contribution < 1.29 is 4.92 Å². The average Bonchev–Trinajstić information content (AvgIpc) is 2.80. The molecule has 0 unspecified atom stereocenters. The average molecular weight is 300 g/mol. The number of hydrogen-bond acceptors (Lipinski definition) is 7. The van der Waals surface area contributed by atoms with Crippen LogP contribution in [-0.4, -0.2) is 26.4 Å². The Hall–Kier alpha value is -1.80. The topological polar surface area (TPSA) is 93.8 Å². The number of aryl methyl sites for hydroxylation is 1. The van der Waals surface area contributed by atoms with Crippen molar-refractivity contribution in [1.82, 2.24) is 15.0 Å². The first-order chi connectivity index (χ1) is 9.08. The Morgan fingerprint density at radius 1 is 1.53 bits per heavy atom. The van der Waals surface area contributed by atoms with Gasteiger partial charge in [-0.2, -0.15) is 4.98 Å². The Labute approximate surface area is 117 Å². The van der Waals surface area contributed by atoms with Crippen LogP contribution in [0.2, 0.25) is 5.28 Å². The first kappa shape index (κ1) is 13.6. The molecule has 0 radical (unpaired) electrons. The van der Waals surface area contributed by atoms with Gasteiger partial charge in [0.15, 0.2) is 0 Å². The Balaban J connectivity index is 2.12. The van der Waals surface area contributed by atoms with Crippen LogP contribution >= 0.6 is 22.9 Å². The molecule has 0 fully saturated rings. The molecule has 2 aromatic rings. The highest BCUT2D eigenvalue weighted by Gasteiger charge is 2.21. The number of nitro groups is 1. The number of anilines is 1. The third-order valence-electron chi connectivity index (χ3n) is 2.37. The van der Waals surface area contributed by atoms with E-state index in [0.717, 1.165) is 5.69 Å². The maximum Gasteiger partial charge on any atom is 0.332 e. The first-order valence-corrected chi connectivity index (χ1v) is 6.69. The van der Waals surface area contributed by atoms with Crippen LogP contribution in [0.1, 0.15) is 11.4 Å². The van der Waals surface area contributed by atoms with Gasteiger partial charge in [0.25, 0.3) is 0 Å². The second-order valence-electron chi connectivity index (χ2n) is 3.69. The molecular weight excluding hydrogens is 290 g/mol. The van der Waals surface area contributed by atoms with Gasteiger partial charge in [-0.05, 0) is 18.5 Å². The Morgan fingerprint density at radius 2 is 2.32 bits per heavy atom. The van der Waals surface area contributed by atoms with Gasteiger partial charge in [0, 0.05) is 18.3 Å². The van der Waals surface area contributed by atoms with Crippen molar-refractivity contribution in [3.05, 3.63) is 37.7 Å². The summed E-state index contributed by atoms with van der Waals surface area (Å²) < 4.78 is 0. The summed E-state index contributed by atoms with van der Waals surface area (Å²) in [5, 5.41) is 15.8. The first-order valence-electron chi connectivity index (χ1n) is 5.37. The van der Waals surface area contributed by atoms with Crippen molar-refractivity contribution in [3.63, 3.8) is 0 Å². The summed E-state index contributed by atoms with van der Waals surface area (Å²) in [5.74, 6) is 0.137. The van der Waals surface area contributed by atoms with Gasteiger partial charge in [-0.15, -0.1) is 11.3 Å². The number of halogens is 1. The molecule has 0 aliphatic rings. The summed E-state index contributed by atoms with van der Waals surface area (Å²) >= 11 is 7.21. The van der Waals surface area contributed by atoms with Gasteiger partial charge in [0.2, 0.25) is 11.1 Å². The molecule has 9 heteroatoms. The Morgan fingerprint density at radius 3 is 2.95 bits per heavy atom. The maximum atomic E-state index is 11.0. The smallest absolute Gasteiger partial charge is 0.332 e. The van der Waals surface area contributed by atoms with E-state index in [4.69, 9.17) is 11.6 Å². The molecule has 1 N–H and O–H groups in total. The van der Waals surface area contributed by atoms with Crippen molar-refractivity contribution in [2.24, 2.45) is 0 Å². The summed E-state index contributed by atoms with van der Waals surface area (Å²) in [5.41, 5.74) is 2.75. The van der Waals surface area contributed by atoms with Crippen LogP contribution in [0.5, 0.6) is 0 Å². The molecule has 0 aliphatic carbocycles. The molecule has 0 aliphatic heterocycles.